The minimum atomic E-state index is -0.373. The first-order valence-corrected chi connectivity index (χ1v) is 5.64. The van der Waals surface area contributed by atoms with Gasteiger partial charge in [0.25, 0.3) is 0 Å². The third-order valence-electron chi connectivity index (χ3n) is 2.99. The summed E-state index contributed by atoms with van der Waals surface area (Å²) in [6.45, 7) is 1.87. The van der Waals surface area contributed by atoms with E-state index >= 15 is 0 Å². The Hall–Kier alpha value is -1.91. The molecular formula is C12H13N3O2. The Morgan fingerprint density at radius 3 is 2.88 bits per heavy atom. The summed E-state index contributed by atoms with van der Waals surface area (Å²) in [6, 6.07) is 1.72. The van der Waals surface area contributed by atoms with Gasteiger partial charge in [0.05, 0.1) is 23.8 Å². The molecule has 0 saturated heterocycles. The van der Waals surface area contributed by atoms with Crippen LogP contribution in [0.1, 0.15) is 40.8 Å². The number of aromatic nitrogens is 3. The van der Waals surface area contributed by atoms with Gasteiger partial charge in [-0.05, 0) is 25.8 Å². The van der Waals surface area contributed by atoms with Crippen molar-refractivity contribution in [1.82, 2.24) is 15.0 Å². The van der Waals surface area contributed by atoms with Gasteiger partial charge in [-0.2, -0.15) is 0 Å². The zero-order valence-electron chi connectivity index (χ0n) is 9.78. The van der Waals surface area contributed by atoms with Gasteiger partial charge in [-0.1, -0.05) is 0 Å². The van der Waals surface area contributed by atoms with Crippen LogP contribution in [-0.2, 0) is 4.74 Å². The third kappa shape index (κ3) is 1.67. The van der Waals surface area contributed by atoms with Crippen LogP contribution in [0, 0.1) is 6.92 Å². The van der Waals surface area contributed by atoms with Crippen molar-refractivity contribution in [1.29, 1.82) is 0 Å². The lowest BCUT2D eigenvalue weighted by molar-refractivity contribution is 0.0595. The maximum atomic E-state index is 11.5. The van der Waals surface area contributed by atoms with Crippen LogP contribution in [0.25, 0.3) is 11.0 Å². The maximum Gasteiger partial charge on any atom is 0.354 e. The predicted molar refractivity (Wildman–Crippen MR) is 61.9 cm³/mol. The highest BCUT2D eigenvalue weighted by atomic mass is 16.5. The molecule has 17 heavy (non-hydrogen) atoms. The van der Waals surface area contributed by atoms with Crippen LogP contribution >= 0.6 is 0 Å². The lowest BCUT2D eigenvalue weighted by Gasteiger charge is -2.00. The molecule has 0 radical (unpaired) electrons. The first kappa shape index (κ1) is 10.3. The summed E-state index contributed by atoms with van der Waals surface area (Å²) in [5.74, 6) is 0.889. The fourth-order valence-corrected chi connectivity index (χ4v) is 2.03. The standard InChI is InChI=1S/C12H13N3O2/c1-6-13-8-5-9(12(16)17-2)15-11(8)10(14-6)7-3-4-7/h5,7,15H,3-4H2,1-2H3. The Kier molecular flexibility index (Phi) is 2.14. The molecule has 0 atom stereocenters. The van der Waals surface area contributed by atoms with Crippen LogP contribution in [0.4, 0.5) is 0 Å². The molecule has 2 aromatic rings. The number of nitrogens with one attached hydrogen (secondary N) is 1. The van der Waals surface area contributed by atoms with E-state index in [1.54, 1.807) is 6.07 Å². The fourth-order valence-electron chi connectivity index (χ4n) is 2.03. The van der Waals surface area contributed by atoms with E-state index in [0.717, 1.165) is 35.4 Å². The van der Waals surface area contributed by atoms with Crippen molar-refractivity contribution in [2.45, 2.75) is 25.7 Å². The van der Waals surface area contributed by atoms with Gasteiger partial charge in [-0.25, -0.2) is 14.8 Å². The molecule has 1 N–H and O–H groups in total. The van der Waals surface area contributed by atoms with Gasteiger partial charge in [0.1, 0.15) is 11.5 Å². The molecule has 0 aliphatic heterocycles. The van der Waals surface area contributed by atoms with Crippen molar-refractivity contribution >= 4 is 17.0 Å². The molecule has 0 unspecified atom stereocenters. The number of carbonyl (C=O) groups is 1. The number of ether oxygens (including phenoxy) is 1. The predicted octanol–water partition coefficient (Wildman–Crippen LogP) is 1.93. The molecule has 88 valence electrons. The molecule has 0 spiro atoms. The third-order valence-corrected chi connectivity index (χ3v) is 2.99. The molecule has 2 heterocycles. The van der Waals surface area contributed by atoms with Crippen molar-refractivity contribution in [3.05, 3.63) is 23.3 Å². The monoisotopic (exact) mass is 231 g/mol. The number of fused-ring (bicyclic) bond motifs is 1. The summed E-state index contributed by atoms with van der Waals surface area (Å²) in [7, 11) is 1.37. The Morgan fingerprint density at radius 1 is 1.47 bits per heavy atom. The number of H-pyrrole nitrogens is 1. The molecule has 0 amide bonds. The number of esters is 1. The first-order valence-electron chi connectivity index (χ1n) is 5.64. The number of aromatic amines is 1. The van der Waals surface area contributed by atoms with Crippen molar-refractivity contribution in [3.8, 4) is 0 Å². The number of carbonyl (C=O) groups excluding carboxylic acids is 1. The number of hydrogen-bond acceptors (Lipinski definition) is 4. The van der Waals surface area contributed by atoms with Gasteiger partial charge in [0.15, 0.2) is 0 Å². The zero-order chi connectivity index (χ0) is 12.0. The highest BCUT2D eigenvalue weighted by Gasteiger charge is 2.28. The van der Waals surface area contributed by atoms with E-state index < -0.39 is 0 Å². The molecular weight excluding hydrogens is 218 g/mol. The molecule has 0 aromatic carbocycles. The summed E-state index contributed by atoms with van der Waals surface area (Å²) in [5.41, 5.74) is 3.13. The van der Waals surface area contributed by atoms with Gasteiger partial charge in [-0.3, -0.25) is 0 Å². The second-order valence-corrected chi connectivity index (χ2v) is 4.37. The molecule has 0 bridgehead atoms. The Morgan fingerprint density at radius 2 is 2.24 bits per heavy atom. The SMILES string of the molecule is COC(=O)c1cc2nc(C)nc(C3CC3)c2[nH]1. The average Bonchev–Trinajstić information content (AvgIpc) is 3.07. The van der Waals surface area contributed by atoms with Gasteiger partial charge in [-0.15, -0.1) is 0 Å². The molecule has 5 nitrogen and oxygen atoms in total. The zero-order valence-corrected chi connectivity index (χ0v) is 9.78. The lowest BCUT2D eigenvalue weighted by Crippen LogP contribution is -2.00. The van der Waals surface area contributed by atoms with E-state index in [4.69, 9.17) is 4.74 Å². The van der Waals surface area contributed by atoms with Gasteiger partial charge >= 0.3 is 5.97 Å². The van der Waals surface area contributed by atoms with Gasteiger partial charge in [0, 0.05) is 5.92 Å². The summed E-state index contributed by atoms with van der Waals surface area (Å²) in [5, 5.41) is 0. The Bertz CT molecular complexity index is 599. The van der Waals surface area contributed by atoms with Gasteiger partial charge in [0.2, 0.25) is 0 Å². The molecule has 2 aromatic heterocycles. The quantitative estimate of drug-likeness (QED) is 0.802. The second kappa shape index (κ2) is 3.55. The number of hydrogen-bond donors (Lipinski definition) is 1. The summed E-state index contributed by atoms with van der Waals surface area (Å²) in [4.78, 5) is 23.3. The van der Waals surface area contributed by atoms with E-state index in [0.29, 0.717) is 11.6 Å². The van der Waals surface area contributed by atoms with E-state index in [1.165, 1.54) is 7.11 Å². The second-order valence-electron chi connectivity index (χ2n) is 4.37. The minimum absolute atomic E-state index is 0.373. The van der Waals surface area contributed by atoms with Crippen LogP contribution in [0.5, 0.6) is 0 Å². The van der Waals surface area contributed by atoms with Crippen molar-refractivity contribution < 1.29 is 9.53 Å². The van der Waals surface area contributed by atoms with Crippen LogP contribution in [0.2, 0.25) is 0 Å². The number of rotatable bonds is 2. The Balaban J connectivity index is 2.20. The minimum Gasteiger partial charge on any atom is -0.464 e. The first-order chi connectivity index (χ1) is 8.19. The molecule has 1 aliphatic rings. The van der Waals surface area contributed by atoms with E-state index in [1.807, 2.05) is 6.92 Å². The maximum absolute atomic E-state index is 11.5. The lowest BCUT2D eigenvalue weighted by atomic mass is 10.2. The topological polar surface area (TPSA) is 67.9 Å². The van der Waals surface area contributed by atoms with Crippen molar-refractivity contribution in [2.75, 3.05) is 7.11 Å². The molecule has 1 aliphatic carbocycles. The van der Waals surface area contributed by atoms with E-state index in [9.17, 15) is 4.79 Å². The van der Waals surface area contributed by atoms with Crippen LogP contribution in [-0.4, -0.2) is 28.0 Å². The summed E-state index contributed by atoms with van der Waals surface area (Å²) < 4.78 is 4.69. The molecule has 1 saturated carbocycles. The van der Waals surface area contributed by atoms with Crippen molar-refractivity contribution in [2.24, 2.45) is 0 Å². The normalized spacial score (nSPS) is 15.2. The van der Waals surface area contributed by atoms with E-state index in [2.05, 4.69) is 15.0 Å². The largest absolute Gasteiger partial charge is 0.464 e. The average molecular weight is 231 g/mol. The molecule has 5 heteroatoms. The number of nitrogens with zero attached hydrogens (tertiary/aromatic N) is 2. The van der Waals surface area contributed by atoms with Crippen LogP contribution in [0.15, 0.2) is 6.07 Å². The smallest absolute Gasteiger partial charge is 0.354 e. The number of aryl methyl sites for hydroxylation is 1. The summed E-state index contributed by atoms with van der Waals surface area (Å²) >= 11 is 0. The summed E-state index contributed by atoms with van der Waals surface area (Å²) in [6.07, 6.45) is 2.33. The van der Waals surface area contributed by atoms with Crippen LogP contribution in [0.3, 0.4) is 0 Å². The number of methoxy groups -OCH3 is 1. The van der Waals surface area contributed by atoms with Crippen LogP contribution < -0.4 is 0 Å². The highest BCUT2D eigenvalue weighted by Crippen LogP contribution is 2.41. The van der Waals surface area contributed by atoms with E-state index in [-0.39, 0.29) is 5.97 Å². The molecule has 1 fully saturated rings. The van der Waals surface area contributed by atoms with Crippen molar-refractivity contribution in [3.63, 3.8) is 0 Å². The van der Waals surface area contributed by atoms with Gasteiger partial charge < -0.3 is 9.72 Å². The molecule has 3 rings (SSSR count). The fraction of sp³-hybridized carbons (Fsp3) is 0.417. The highest BCUT2D eigenvalue weighted by molar-refractivity contribution is 5.94. The Labute approximate surface area is 98.2 Å².